The molecule has 0 aromatic heterocycles. The van der Waals surface area contributed by atoms with Crippen molar-refractivity contribution in [3.8, 4) is 0 Å². The third-order valence-corrected chi connectivity index (χ3v) is 15.7. The molecule has 6 aliphatic carbocycles. The van der Waals surface area contributed by atoms with E-state index in [1.165, 1.54) is 118 Å². The lowest BCUT2D eigenvalue weighted by atomic mass is 9.27. The second kappa shape index (κ2) is 11.8. The minimum absolute atomic E-state index is 0.0566. The van der Waals surface area contributed by atoms with Gasteiger partial charge in [-0.1, -0.05) is 114 Å². The van der Waals surface area contributed by atoms with Gasteiger partial charge in [0.1, 0.15) is 0 Å². The molecule has 0 unspecified atom stereocenters. The highest BCUT2D eigenvalue weighted by Gasteiger charge is 2.51. The summed E-state index contributed by atoms with van der Waals surface area (Å²) < 4.78 is 0. The van der Waals surface area contributed by atoms with Crippen molar-refractivity contribution in [3.63, 3.8) is 0 Å². The van der Waals surface area contributed by atoms with Crippen LogP contribution in [-0.4, -0.2) is 13.4 Å². The number of rotatable bonds is 2. The highest BCUT2D eigenvalue weighted by Crippen LogP contribution is 2.54. The molecule has 2 aliphatic heterocycles. The predicted octanol–water partition coefficient (Wildman–Crippen LogP) is 9.47. The average Bonchev–Trinajstić information content (AvgIpc) is 3.15. The maximum atomic E-state index is 2.84. The van der Waals surface area contributed by atoms with E-state index in [2.05, 4.69) is 128 Å². The van der Waals surface area contributed by atoms with Gasteiger partial charge in [-0.2, -0.15) is 0 Å². The van der Waals surface area contributed by atoms with Crippen molar-refractivity contribution in [1.82, 2.24) is 0 Å². The first-order valence-electron chi connectivity index (χ1n) is 21.9. The van der Waals surface area contributed by atoms with Crippen LogP contribution in [0.3, 0.4) is 0 Å². The minimum Gasteiger partial charge on any atom is -0.313 e. The molecule has 0 atom stereocenters. The molecule has 3 heteroatoms. The SMILES string of the molecule is Cc1cc(C)c(B2c3cc(C(C)(C)C)ccc3N3c4ccc5c(c4B(c4c(C)cc(C)cc4C)c4c6c(cc2c43)C2CCC6CC2)C2CCC5CC2)c(C)c1. The fraction of sp³-hybridized carbons (Fsp3) is 0.423. The van der Waals surface area contributed by atoms with Crippen LogP contribution in [0.25, 0.3) is 0 Å². The van der Waals surface area contributed by atoms with Crippen LogP contribution in [0.5, 0.6) is 0 Å². The largest absolute Gasteiger partial charge is 0.313 e. The van der Waals surface area contributed by atoms with Gasteiger partial charge in [-0.15, -0.1) is 0 Å². The van der Waals surface area contributed by atoms with Crippen LogP contribution in [0.2, 0.25) is 0 Å². The van der Waals surface area contributed by atoms with Gasteiger partial charge in [-0.25, -0.2) is 0 Å². The molecule has 55 heavy (non-hydrogen) atoms. The van der Waals surface area contributed by atoms with Crippen LogP contribution in [-0.2, 0) is 5.41 Å². The second-order valence-corrected chi connectivity index (χ2v) is 20.2. The summed E-state index contributed by atoms with van der Waals surface area (Å²) in [7, 11) is 0. The molecule has 4 bridgehead atoms. The number of fused-ring (bicyclic) bond motifs is 8. The zero-order valence-electron chi connectivity index (χ0n) is 34.8. The Balaban J connectivity index is 1.34. The van der Waals surface area contributed by atoms with Crippen molar-refractivity contribution in [2.75, 3.05) is 4.90 Å². The van der Waals surface area contributed by atoms with Crippen LogP contribution in [0.15, 0.2) is 60.7 Å². The standard InChI is InChI=1S/C52H57B2N/c1-28-22-30(3)47(31(4)23-28)53-41-26-38(52(7,8)9)18-20-43(41)55-44-21-19-39-34-10-14-36(15-11-34)45(39)49(44)54(48-32(5)24-29(2)25-33(48)6)50-46-37-16-12-35(13-17-37)40(46)27-42(53)51(50)55/h18-27,34-37H,10-17H2,1-9H3. The average molecular weight is 718 g/mol. The van der Waals surface area contributed by atoms with E-state index in [0.29, 0.717) is 23.7 Å². The quantitative estimate of drug-likeness (QED) is 0.161. The Morgan fingerprint density at radius 3 is 1.53 bits per heavy atom. The molecule has 0 amide bonds. The number of benzene rings is 5. The van der Waals surface area contributed by atoms with E-state index >= 15 is 0 Å². The van der Waals surface area contributed by atoms with Gasteiger partial charge in [0.2, 0.25) is 13.4 Å². The first-order chi connectivity index (χ1) is 26.4. The Morgan fingerprint density at radius 1 is 0.473 bits per heavy atom. The molecule has 5 aromatic carbocycles. The van der Waals surface area contributed by atoms with Crippen molar-refractivity contribution < 1.29 is 0 Å². The monoisotopic (exact) mass is 717 g/mol. The van der Waals surface area contributed by atoms with Gasteiger partial charge in [0, 0.05) is 17.1 Å². The summed E-state index contributed by atoms with van der Waals surface area (Å²) in [5.74, 6) is 2.70. The molecular weight excluding hydrogens is 660 g/mol. The fourth-order valence-corrected chi connectivity index (χ4v) is 13.7. The van der Waals surface area contributed by atoms with Crippen LogP contribution in [0, 0.1) is 41.5 Å². The predicted molar refractivity (Wildman–Crippen MR) is 238 cm³/mol. The Morgan fingerprint density at radius 2 is 0.964 bits per heavy atom. The lowest BCUT2D eigenvalue weighted by molar-refractivity contribution is 0.360. The first-order valence-corrected chi connectivity index (χ1v) is 21.9. The normalized spacial score (nSPS) is 22.7. The molecule has 2 saturated carbocycles. The first kappa shape index (κ1) is 34.3. The summed E-state index contributed by atoms with van der Waals surface area (Å²) in [6.45, 7) is 21.8. The van der Waals surface area contributed by atoms with E-state index in [4.69, 9.17) is 0 Å². The summed E-state index contributed by atoms with van der Waals surface area (Å²) in [5, 5.41) is 0. The molecule has 2 heterocycles. The zero-order chi connectivity index (χ0) is 37.8. The summed E-state index contributed by atoms with van der Waals surface area (Å²) in [6, 6.07) is 25.5. The van der Waals surface area contributed by atoms with Crippen LogP contribution in [0.1, 0.15) is 157 Å². The summed E-state index contributed by atoms with van der Waals surface area (Å²) >= 11 is 0. The Hall–Kier alpha value is -3.97. The van der Waals surface area contributed by atoms with Crippen LogP contribution < -0.4 is 37.7 Å². The topological polar surface area (TPSA) is 3.24 Å². The minimum atomic E-state index is 0.0566. The number of hydrogen-bond acceptors (Lipinski definition) is 1. The van der Waals surface area contributed by atoms with Crippen molar-refractivity contribution in [2.24, 2.45) is 0 Å². The van der Waals surface area contributed by atoms with Crippen molar-refractivity contribution in [1.29, 1.82) is 0 Å². The number of anilines is 3. The maximum absolute atomic E-state index is 2.84. The molecule has 0 radical (unpaired) electrons. The van der Waals surface area contributed by atoms with Gasteiger partial charge < -0.3 is 4.90 Å². The molecule has 2 fully saturated rings. The molecule has 8 aliphatic rings. The smallest absolute Gasteiger partial charge is 0.248 e. The maximum Gasteiger partial charge on any atom is 0.248 e. The van der Waals surface area contributed by atoms with E-state index in [1.54, 1.807) is 44.1 Å². The molecule has 0 N–H and O–H groups in total. The molecular formula is C52H57B2N. The highest BCUT2D eigenvalue weighted by atomic mass is 15.2. The lowest BCUT2D eigenvalue weighted by Crippen LogP contribution is -2.68. The van der Waals surface area contributed by atoms with Gasteiger partial charge in [-0.3, -0.25) is 0 Å². The van der Waals surface area contributed by atoms with E-state index in [1.807, 2.05) is 0 Å². The van der Waals surface area contributed by atoms with E-state index in [9.17, 15) is 0 Å². The van der Waals surface area contributed by atoms with Crippen molar-refractivity contribution >= 4 is 63.3 Å². The molecule has 276 valence electrons. The number of aryl methyl sites for hydroxylation is 6. The van der Waals surface area contributed by atoms with Crippen LogP contribution in [0.4, 0.5) is 17.1 Å². The van der Waals surface area contributed by atoms with Gasteiger partial charge in [0.05, 0.1) is 0 Å². The van der Waals surface area contributed by atoms with Crippen molar-refractivity contribution in [2.45, 2.75) is 143 Å². The molecule has 1 nitrogen and oxygen atoms in total. The summed E-state index contributed by atoms with van der Waals surface area (Å²) in [4.78, 5) is 2.84. The Labute approximate surface area is 331 Å². The molecule has 0 saturated heterocycles. The van der Waals surface area contributed by atoms with Gasteiger partial charge >= 0.3 is 0 Å². The summed E-state index contributed by atoms with van der Waals surface area (Å²) in [6.07, 6.45) is 10.8. The summed E-state index contributed by atoms with van der Waals surface area (Å²) in [5.41, 5.74) is 30.9. The van der Waals surface area contributed by atoms with E-state index < -0.39 is 0 Å². The number of hydrogen-bond donors (Lipinski definition) is 0. The third kappa shape index (κ3) is 4.74. The Bertz CT molecular complexity index is 2440. The Kier molecular flexibility index (Phi) is 7.35. The van der Waals surface area contributed by atoms with Gasteiger partial charge in [0.25, 0.3) is 0 Å². The second-order valence-electron chi connectivity index (χ2n) is 20.2. The fourth-order valence-electron chi connectivity index (χ4n) is 13.7. The zero-order valence-corrected chi connectivity index (χ0v) is 34.8. The van der Waals surface area contributed by atoms with E-state index in [-0.39, 0.29) is 18.8 Å². The molecule has 5 aromatic rings. The van der Waals surface area contributed by atoms with Gasteiger partial charge in [-0.05, 0) is 184 Å². The van der Waals surface area contributed by atoms with Gasteiger partial charge in [0.15, 0.2) is 0 Å². The van der Waals surface area contributed by atoms with E-state index in [0.717, 1.165) is 0 Å². The lowest BCUT2D eigenvalue weighted by Gasteiger charge is -2.51. The third-order valence-electron chi connectivity index (χ3n) is 15.7. The molecule has 13 rings (SSSR count). The highest BCUT2D eigenvalue weighted by molar-refractivity contribution is 7.03. The number of nitrogens with zero attached hydrogens (tertiary/aromatic N) is 1. The molecule has 0 spiro atoms. The van der Waals surface area contributed by atoms with Crippen molar-refractivity contribution in [3.05, 3.63) is 122 Å². The van der Waals surface area contributed by atoms with Crippen LogP contribution >= 0.6 is 0 Å².